The van der Waals surface area contributed by atoms with E-state index in [1.807, 2.05) is 19.1 Å². The summed E-state index contributed by atoms with van der Waals surface area (Å²) in [5.41, 5.74) is 3.07. The van der Waals surface area contributed by atoms with Gasteiger partial charge in [-0.1, -0.05) is 12.1 Å². The smallest absolute Gasteiger partial charge is 0.337 e. The van der Waals surface area contributed by atoms with Crippen LogP contribution >= 0.6 is 0 Å². The summed E-state index contributed by atoms with van der Waals surface area (Å²) in [7, 11) is 1.36. The molecule has 1 aromatic heterocycles. The monoisotopic (exact) mass is 228 g/mol. The third kappa shape index (κ3) is 2.47. The summed E-state index contributed by atoms with van der Waals surface area (Å²) >= 11 is 0. The number of aromatic nitrogens is 2. The SMILES string of the molecule is COC(=O)c1cccc(-c2cc(C)ncn2)c1. The van der Waals surface area contributed by atoms with E-state index in [0.29, 0.717) is 5.56 Å². The second-order valence-corrected chi connectivity index (χ2v) is 3.62. The number of ether oxygens (including phenoxy) is 1. The summed E-state index contributed by atoms with van der Waals surface area (Å²) in [5, 5.41) is 0. The Morgan fingerprint density at radius 1 is 1.24 bits per heavy atom. The molecule has 0 unspecified atom stereocenters. The highest BCUT2D eigenvalue weighted by atomic mass is 16.5. The number of nitrogens with zero attached hydrogens (tertiary/aromatic N) is 2. The van der Waals surface area contributed by atoms with Crippen LogP contribution in [-0.4, -0.2) is 23.0 Å². The van der Waals surface area contributed by atoms with Gasteiger partial charge >= 0.3 is 5.97 Å². The zero-order valence-electron chi connectivity index (χ0n) is 9.68. The molecule has 0 N–H and O–H groups in total. The van der Waals surface area contributed by atoms with E-state index in [4.69, 9.17) is 0 Å². The van der Waals surface area contributed by atoms with E-state index in [1.54, 1.807) is 18.2 Å². The van der Waals surface area contributed by atoms with Gasteiger partial charge in [0, 0.05) is 11.3 Å². The van der Waals surface area contributed by atoms with Gasteiger partial charge in [0.25, 0.3) is 0 Å². The molecular formula is C13H12N2O2. The third-order valence-corrected chi connectivity index (χ3v) is 2.38. The number of aryl methyl sites for hydroxylation is 1. The fraction of sp³-hybridized carbons (Fsp3) is 0.154. The van der Waals surface area contributed by atoms with Crippen LogP contribution < -0.4 is 0 Å². The molecule has 0 amide bonds. The summed E-state index contributed by atoms with van der Waals surface area (Å²) in [5.74, 6) is -0.349. The van der Waals surface area contributed by atoms with E-state index in [2.05, 4.69) is 14.7 Å². The van der Waals surface area contributed by atoms with Crippen LogP contribution in [0.2, 0.25) is 0 Å². The minimum atomic E-state index is -0.349. The highest BCUT2D eigenvalue weighted by molar-refractivity contribution is 5.90. The molecule has 4 heteroatoms. The number of carbonyl (C=O) groups excluding carboxylic acids is 1. The van der Waals surface area contributed by atoms with Crippen molar-refractivity contribution in [3.63, 3.8) is 0 Å². The van der Waals surface area contributed by atoms with E-state index in [0.717, 1.165) is 17.0 Å². The van der Waals surface area contributed by atoms with Gasteiger partial charge in [0.2, 0.25) is 0 Å². The summed E-state index contributed by atoms with van der Waals surface area (Å²) in [6.07, 6.45) is 1.51. The predicted molar refractivity (Wildman–Crippen MR) is 63.5 cm³/mol. The normalized spacial score (nSPS) is 10.0. The molecule has 0 fully saturated rings. The number of rotatable bonds is 2. The lowest BCUT2D eigenvalue weighted by molar-refractivity contribution is 0.0601. The van der Waals surface area contributed by atoms with Crippen molar-refractivity contribution in [1.29, 1.82) is 0 Å². The summed E-state index contributed by atoms with van der Waals surface area (Å²) < 4.78 is 4.68. The Morgan fingerprint density at radius 3 is 2.76 bits per heavy atom. The Kier molecular flexibility index (Phi) is 3.14. The molecule has 0 radical (unpaired) electrons. The first-order valence-corrected chi connectivity index (χ1v) is 5.18. The molecule has 0 saturated heterocycles. The van der Waals surface area contributed by atoms with Gasteiger partial charge in [-0.2, -0.15) is 0 Å². The molecule has 0 aliphatic heterocycles. The number of carbonyl (C=O) groups is 1. The van der Waals surface area contributed by atoms with E-state index in [-0.39, 0.29) is 5.97 Å². The lowest BCUT2D eigenvalue weighted by Crippen LogP contribution is -2.01. The first-order chi connectivity index (χ1) is 8.20. The zero-order valence-corrected chi connectivity index (χ0v) is 9.68. The summed E-state index contributed by atoms with van der Waals surface area (Å²) in [6.45, 7) is 1.90. The van der Waals surface area contributed by atoms with Gasteiger partial charge in [-0.15, -0.1) is 0 Å². The molecule has 0 bridgehead atoms. The number of hydrogen-bond acceptors (Lipinski definition) is 4. The average Bonchev–Trinajstić information content (AvgIpc) is 2.38. The van der Waals surface area contributed by atoms with Gasteiger partial charge in [0.1, 0.15) is 6.33 Å². The molecule has 0 aliphatic rings. The van der Waals surface area contributed by atoms with Crippen molar-refractivity contribution in [2.75, 3.05) is 7.11 Å². The molecular weight excluding hydrogens is 216 g/mol. The Labute approximate surface area is 99.3 Å². The van der Waals surface area contributed by atoms with E-state index >= 15 is 0 Å². The van der Waals surface area contributed by atoms with Crippen LogP contribution in [0.3, 0.4) is 0 Å². The highest BCUT2D eigenvalue weighted by Gasteiger charge is 2.07. The molecule has 4 nitrogen and oxygen atoms in total. The Balaban J connectivity index is 2.43. The standard InChI is InChI=1S/C13H12N2O2/c1-9-6-12(15-8-14-9)10-4-3-5-11(7-10)13(16)17-2/h3-8H,1-2H3. The second-order valence-electron chi connectivity index (χ2n) is 3.62. The zero-order chi connectivity index (χ0) is 12.3. The van der Waals surface area contributed by atoms with Gasteiger partial charge in [-0.05, 0) is 25.1 Å². The minimum absolute atomic E-state index is 0.349. The molecule has 17 heavy (non-hydrogen) atoms. The average molecular weight is 228 g/mol. The van der Waals surface area contributed by atoms with Gasteiger partial charge < -0.3 is 4.74 Å². The molecule has 1 aromatic carbocycles. The van der Waals surface area contributed by atoms with Crippen LogP contribution in [-0.2, 0) is 4.74 Å². The summed E-state index contributed by atoms with van der Waals surface area (Å²) in [6, 6.07) is 9.04. The summed E-state index contributed by atoms with van der Waals surface area (Å²) in [4.78, 5) is 19.6. The van der Waals surface area contributed by atoms with Crippen molar-refractivity contribution in [2.45, 2.75) is 6.92 Å². The maximum atomic E-state index is 11.4. The van der Waals surface area contributed by atoms with Crippen LogP contribution in [0.4, 0.5) is 0 Å². The molecule has 0 aliphatic carbocycles. The van der Waals surface area contributed by atoms with Gasteiger partial charge in [0.05, 0.1) is 18.4 Å². The third-order valence-electron chi connectivity index (χ3n) is 2.38. The topological polar surface area (TPSA) is 52.1 Å². The quantitative estimate of drug-likeness (QED) is 0.740. The maximum absolute atomic E-state index is 11.4. The van der Waals surface area contributed by atoms with E-state index in [1.165, 1.54) is 13.4 Å². The molecule has 0 spiro atoms. The van der Waals surface area contributed by atoms with Crippen molar-refractivity contribution in [3.8, 4) is 11.3 Å². The number of hydrogen-bond donors (Lipinski definition) is 0. The van der Waals surface area contributed by atoms with Crippen molar-refractivity contribution in [1.82, 2.24) is 9.97 Å². The van der Waals surface area contributed by atoms with Gasteiger partial charge in [0.15, 0.2) is 0 Å². The fourth-order valence-corrected chi connectivity index (χ4v) is 1.54. The van der Waals surface area contributed by atoms with Crippen LogP contribution in [0.5, 0.6) is 0 Å². The van der Waals surface area contributed by atoms with Crippen LogP contribution in [0.1, 0.15) is 16.1 Å². The number of methoxy groups -OCH3 is 1. The lowest BCUT2D eigenvalue weighted by Gasteiger charge is -2.04. The number of esters is 1. The van der Waals surface area contributed by atoms with Crippen LogP contribution in [0.15, 0.2) is 36.7 Å². The molecule has 86 valence electrons. The predicted octanol–water partition coefficient (Wildman–Crippen LogP) is 2.24. The maximum Gasteiger partial charge on any atom is 0.337 e. The van der Waals surface area contributed by atoms with Gasteiger partial charge in [-0.3, -0.25) is 0 Å². The molecule has 2 rings (SSSR count). The van der Waals surface area contributed by atoms with Crippen LogP contribution in [0.25, 0.3) is 11.3 Å². The van der Waals surface area contributed by atoms with Crippen molar-refractivity contribution in [2.24, 2.45) is 0 Å². The van der Waals surface area contributed by atoms with Crippen molar-refractivity contribution < 1.29 is 9.53 Å². The highest BCUT2D eigenvalue weighted by Crippen LogP contribution is 2.18. The first-order valence-electron chi connectivity index (χ1n) is 5.18. The first kappa shape index (κ1) is 11.3. The van der Waals surface area contributed by atoms with Crippen molar-refractivity contribution >= 4 is 5.97 Å². The van der Waals surface area contributed by atoms with Gasteiger partial charge in [-0.25, -0.2) is 14.8 Å². The minimum Gasteiger partial charge on any atom is -0.465 e. The molecule has 0 atom stereocenters. The second kappa shape index (κ2) is 4.74. The number of benzene rings is 1. The molecule has 0 saturated carbocycles. The van der Waals surface area contributed by atoms with Crippen LogP contribution in [0, 0.1) is 6.92 Å². The Hall–Kier alpha value is -2.23. The van der Waals surface area contributed by atoms with Crippen molar-refractivity contribution in [3.05, 3.63) is 47.9 Å². The molecule has 2 aromatic rings. The molecule has 1 heterocycles. The van der Waals surface area contributed by atoms with E-state index in [9.17, 15) is 4.79 Å². The Bertz CT molecular complexity index is 553. The fourth-order valence-electron chi connectivity index (χ4n) is 1.54. The largest absolute Gasteiger partial charge is 0.465 e. The lowest BCUT2D eigenvalue weighted by atomic mass is 10.1. The van der Waals surface area contributed by atoms with E-state index < -0.39 is 0 Å². The Morgan fingerprint density at radius 2 is 2.06 bits per heavy atom.